The number of hydrogen-bond acceptors (Lipinski definition) is 3. The highest BCUT2D eigenvalue weighted by Crippen LogP contribution is 2.18. The van der Waals surface area contributed by atoms with Crippen molar-refractivity contribution in [2.45, 2.75) is 70.1 Å². The van der Waals surface area contributed by atoms with Crippen LogP contribution in [0.25, 0.3) is 0 Å². The highest BCUT2D eigenvalue weighted by atomic mass is 16.3. The Kier molecular flexibility index (Phi) is 5.03. The standard InChI is InChI=1S/C12H25NO2/c1-3-12(2,15)9-13-10-7-5-4-6-8-11(10)14/h10-11,13-15H,3-9H2,1-2H3. The van der Waals surface area contributed by atoms with Crippen LogP contribution in [-0.2, 0) is 0 Å². The summed E-state index contributed by atoms with van der Waals surface area (Å²) in [6.45, 7) is 4.39. The van der Waals surface area contributed by atoms with Gasteiger partial charge in [-0.1, -0.05) is 26.2 Å². The molecule has 1 aliphatic rings. The number of rotatable bonds is 4. The van der Waals surface area contributed by atoms with Crippen LogP contribution in [0, 0.1) is 0 Å². The van der Waals surface area contributed by atoms with Crippen molar-refractivity contribution in [1.29, 1.82) is 0 Å². The monoisotopic (exact) mass is 215 g/mol. The van der Waals surface area contributed by atoms with Gasteiger partial charge in [0, 0.05) is 12.6 Å². The molecule has 0 saturated heterocycles. The second-order valence-corrected chi connectivity index (χ2v) is 5.04. The zero-order chi connectivity index (χ0) is 11.3. The lowest BCUT2D eigenvalue weighted by Crippen LogP contribution is -2.46. The number of hydrogen-bond donors (Lipinski definition) is 3. The van der Waals surface area contributed by atoms with Gasteiger partial charge in [-0.2, -0.15) is 0 Å². The van der Waals surface area contributed by atoms with Gasteiger partial charge >= 0.3 is 0 Å². The minimum Gasteiger partial charge on any atom is -0.392 e. The minimum atomic E-state index is -0.647. The van der Waals surface area contributed by atoms with Crippen LogP contribution in [0.3, 0.4) is 0 Å². The summed E-state index contributed by atoms with van der Waals surface area (Å²) >= 11 is 0. The predicted octanol–water partition coefficient (Wildman–Crippen LogP) is 1.43. The van der Waals surface area contributed by atoms with Gasteiger partial charge in [0.2, 0.25) is 0 Å². The molecule has 3 atom stereocenters. The Hall–Kier alpha value is -0.120. The van der Waals surface area contributed by atoms with E-state index in [1.807, 2.05) is 13.8 Å². The van der Waals surface area contributed by atoms with Crippen molar-refractivity contribution < 1.29 is 10.2 Å². The van der Waals surface area contributed by atoms with Crippen molar-refractivity contribution in [3.05, 3.63) is 0 Å². The molecule has 0 spiro atoms. The Morgan fingerprint density at radius 3 is 2.60 bits per heavy atom. The average molecular weight is 215 g/mol. The fraction of sp³-hybridized carbons (Fsp3) is 1.00. The van der Waals surface area contributed by atoms with E-state index >= 15 is 0 Å². The number of nitrogens with one attached hydrogen (secondary N) is 1. The quantitative estimate of drug-likeness (QED) is 0.622. The molecule has 3 nitrogen and oxygen atoms in total. The summed E-state index contributed by atoms with van der Waals surface area (Å²) in [4.78, 5) is 0. The molecule has 1 rings (SSSR count). The molecule has 1 saturated carbocycles. The Morgan fingerprint density at radius 2 is 1.93 bits per heavy atom. The third-order valence-corrected chi connectivity index (χ3v) is 3.49. The summed E-state index contributed by atoms with van der Waals surface area (Å²) in [5.74, 6) is 0. The predicted molar refractivity (Wildman–Crippen MR) is 61.8 cm³/mol. The van der Waals surface area contributed by atoms with Gasteiger partial charge in [0.25, 0.3) is 0 Å². The summed E-state index contributed by atoms with van der Waals surface area (Å²) in [6, 6.07) is 0.172. The largest absolute Gasteiger partial charge is 0.392 e. The molecule has 0 aromatic carbocycles. The zero-order valence-corrected chi connectivity index (χ0v) is 10.00. The van der Waals surface area contributed by atoms with Gasteiger partial charge < -0.3 is 15.5 Å². The van der Waals surface area contributed by atoms with Crippen LogP contribution in [0.15, 0.2) is 0 Å². The second-order valence-electron chi connectivity index (χ2n) is 5.04. The normalized spacial score (nSPS) is 32.0. The SMILES string of the molecule is CCC(C)(O)CNC1CCCCCC1O. The fourth-order valence-electron chi connectivity index (χ4n) is 2.00. The lowest BCUT2D eigenvalue weighted by atomic mass is 10.0. The maximum atomic E-state index is 9.87. The first-order chi connectivity index (χ1) is 7.05. The maximum Gasteiger partial charge on any atom is 0.0741 e. The van der Waals surface area contributed by atoms with Crippen molar-refractivity contribution in [2.24, 2.45) is 0 Å². The molecule has 1 fully saturated rings. The van der Waals surface area contributed by atoms with E-state index in [4.69, 9.17) is 0 Å². The summed E-state index contributed by atoms with van der Waals surface area (Å²) in [5.41, 5.74) is -0.647. The highest BCUT2D eigenvalue weighted by Gasteiger charge is 2.24. The molecule has 0 aromatic rings. The molecule has 0 amide bonds. The first kappa shape index (κ1) is 12.9. The molecule has 0 aliphatic heterocycles. The van der Waals surface area contributed by atoms with Crippen LogP contribution in [0.2, 0.25) is 0 Å². The first-order valence-electron chi connectivity index (χ1n) is 6.19. The van der Waals surface area contributed by atoms with Crippen molar-refractivity contribution in [2.75, 3.05) is 6.54 Å². The van der Waals surface area contributed by atoms with Crippen molar-refractivity contribution in [3.8, 4) is 0 Å². The smallest absolute Gasteiger partial charge is 0.0741 e. The average Bonchev–Trinajstić information content (AvgIpc) is 2.40. The van der Waals surface area contributed by atoms with E-state index in [-0.39, 0.29) is 12.1 Å². The van der Waals surface area contributed by atoms with Crippen LogP contribution < -0.4 is 5.32 Å². The summed E-state index contributed by atoms with van der Waals surface area (Å²) in [7, 11) is 0. The van der Waals surface area contributed by atoms with Crippen LogP contribution in [-0.4, -0.2) is 34.5 Å². The van der Waals surface area contributed by atoms with Crippen molar-refractivity contribution in [3.63, 3.8) is 0 Å². The molecule has 1 aliphatic carbocycles. The van der Waals surface area contributed by atoms with Gasteiger partial charge in [-0.3, -0.25) is 0 Å². The van der Waals surface area contributed by atoms with Crippen molar-refractivity contribution in [1.82, 2.24) is 5.32 Å². The van der Waals surface area contributed by atoms with E-state index in [2.05, 4.69) is 5.32 Å². The second kappa shape index (κ2) is 5.83. The Morgan fingerprint density at radius 1 is 1.27 bits per heavy atom. The van der Waals surface area contributed by atoms with E-state index in [1.54, 1.807) is 0 Å². The topological polar surface area (TPSA) is 52.5 Å². The van der Waals surface area contributed by atoms with E-state index < -0.39 is 5.60 Å². The van der Waals surface area contributed by atoms with Gasteiger partial charge in [-0.05, 0) is 26.2 Å². The van der Waals surface area contributed by atoms with Gasteiger partial charge in [-0.15, -0.1) is 0 Å². The van der Waals surface area contributed by atoms with Gasteiger partial charge in [0.05, 0.1) is 11.7 Å². The van der Waals surface area contributed by atoms with E-state index in [0.29, 0.717) is 6.54 Å². The highest BCUT2D eigenvalue weighted by molar-refractivity contribution is 4.82. The summed E-state index contributed by atoms with van der Waals surface area (Å²) < 4.78 is 0. The molecule has 3 unspecified atom stereocenters. The summed E-state index contributed by atoms with van der Waals surface area (Å²) in [5, 5.41) is 23.0. The van der Waals surface area contributed by atoms with Crippen LogP contribution in [0.1, 0.15) is 52.4 Å². The van der Waals surface area contributed by atoms with Gasteiger partial charge in [0.1, 0.15) is 0 Å². The Bertz CT molecular complexity index is 182. The molecule has 3 heteroatoms. The molecule has 90 valence electrons. The molecule has 0 bridgehead atoms. The van der Waals surface area contributed by atoms with Crippen LogP contribution in [0.5, 0.6) is 0 Å². The first-order valence-corrected chi connectivity index (χ1v) is 6.19. The Balaban J connectivity index is 2.35. The number of aliphatic hydroxyl groups is 2. The van der Waals surface area contributed by atoms with Crippen molar-refractivity contribution >= 4 is 0 Å². The fourth-order valence-corrected chi connectivity index (χ4v) is 2.00. The molecule has 15 heavy (non-hydrogen) atoms. The van der Waals surface area contributed by atoms with Crippen LogP contribution in [0.4, 0.5) is 0 Å². The van der Waals surface area contributed by atoms with Crippen LogP contribution >= 0.6 is 0 Å². The molecule has 0 aromatic heterocycles. The minimum absolute atomic E-state index is 0.172. The van der Waals surface area contributed by atoms with E-state index in [0.717, 1.165) is 25.7 Å². The lowest BCUT2D eigenvalue weighted by molar-refractivity contribution is 0.0413. The third kappa shape index (κ3) is 4.49. The maximum absolute atomic E-state index is 9.87. The van der Waals surface area contributed by atoms with E-state index in [1.165, 1.54) is 12.8 Å². The number of aliphatic hydroxyl groups excluding tert-OH is 1. The molecule has 0 heterocycles. The van der Waals surface area contributed by atoms with E-state index in [9.17, 15) is 10.2 Å². The molecule has 3 N–H and O–H groups in total. The molecular formula is C12H25NO2. The lowest BCUT2D eigenvalue weighted by Gasteiger charge is -2.28. The zero-order valence-electron chi connectivity index (χ0n) is 10.00. The summed E-state index contributed by atoms with van der Waals surface area (Å²) in [6.07, 6.45) is 5.96. The Labute approximate surface area is 92.9 Å². The van der Waals surface area contributed by atoms with Gasteiger partial charge in [0.15, 0.2) is 0 Å². The molecular weight excluding hydrogens is 190 g/mol. The molecule has 0 radical (unpaired) electrons. The third-order valence-electron chi connectivity index (χ3n) is 3.49. The van der Waals surface area contributed by atoms with Gasteiger partial charge in [-0.25, -0.2) is 0 Å².